The Labute approximate surface area is 130 Å². The van der Waals surface area contributed by atoms with Crippen LogP contribution in [0.4, 0.5) is 0 Å². The number of rotatable bonds is 7. The molecule has 112 valence electrons. The molecule has 3 nitrogen and oxygen atoms in total. The Morgan fingerprint density at radius 3 is 2.50 bits per heavy atom. The van der Waals surface area contributed by atoms with E-state index < -0.39 is 0 Å². The summed E-state index contributed by atoms with van der Waals surface area (Å²) in [5.41, 5.74) is 1.11. The van der Waals surface area contributed by atoms with Crippen LogP contribution in [0.15, 0.2) is 22.7 Å². The van der Waals surface area contributed by atoms with Crippen LogP contribution in [0.1, 0.15) is 52.0 Å². The van der Waals surface area contributed by atoms with Gasteiger partial charge in [-0.25, -0.2) is 0 Å². The van der Waals surface area contributed by atoms with E-state index in [-0.39, 0.29) is 18.6 Å². The minimum atomic E-state index is -0.0590. The van der Waals surface area contributed by atoms with E-state index in [0.717, 1.165) is 28.6 Å². The Kier molecular flexibility index (Phi) is 7.06. The molecule has 0 bridgehead atoms. The van der Waals surface area contributed by atoms with Gasteiger partial charge in [-0.05, 0) is 42.5 Å². The molecule has 20 heavy (non-hydrogen) atoms. The maximum Gasteiger partial charge on any atom is 0.258 e. The van der Waals surface area contributed by atoms with Crippen LogP contribution in [0.5, 0.6) is 5.75 Å². The van der Waals surface area contributed by atoms with Crippen LogP contribution in [-0.2, 0) is 4.79 Å². The molecule has 0 aliphatic carbocycles. The fraction of sp³-hybridized carbons (Fsp3) is 0.562. The van der Waals surface area contributed by atoms with E-state index >= 15 is 0 Å². The summed E-state index contributed by atoms with van der Waals surface area (Å²) in [6.45, 7) is 8.43. The predicted octanol–water partition coefficient (Wildman–Crippen LogP) is 4.26. The summed E-state index contributed by atoms with van der Waals surface area (Å²) >= 11 is 3.46. The second-order valence-electron chi connectivity index (χ2n) is 5.21. The van der Waals surface area contributed by atoms with Crippen LogP contribution in [-0.4, -0.2) is 18.6 Å². The van der Waals surface area contributed by atoms with Gasteiger partial charge in [0.25, 0.3) is 5.91 Å². The van der Waals surface area contributed by atoms with Crippen molar-refractivity contribution in [2.75, 3.05) is 6.61 Å². The van der Waals surface area contributed by atoms with Crippen molar-refractivity contribution in [1.82, 2.24) is 5.32 Å². The number of hydrogen-bond donors (Lipinski definition) is 1. The van der Waals surface area contributed by atoms with Crippen molar-refractivity contribution < 1.29 is 9.53 Å². The summed E-state index contributed by atoms with van der Waals surface area (Å²) in [6, 6.07) is 6.11. The molecule has 0 aliphatic rings. The maximum atomic E-state index is 11.8. The Balaban J connectivity index is 2.63. The number of nitrogens with one attached hydrogen (secondary N) is 1. The van der Waals surface area contributed by atoms with Crippen LogP contribution < -0.4 is 10.1 Å². The fourth-order valence-corrected chi connectivity index (χ4v) is 2.39. The minimum Gasteiger partial charge on any atom is -0.483 e. The van der Waals surface area contributed by atoms with Gasteiger partial charge >= 0.3 is 0 Å². The van der Waals surface area contributed by atoms with Gasteiger partial charge in [0.1, 0.15) is 5.75 Å². The molecular formula is C16H24BrNO2. The van der Waals surface area contributed by atoms with Crippen molar-refractivity contribution in [1.29, 1.82) is 0 Å². The third-order valence-electron chi connectivity index (χ3n) is 3.30. The van der Waals surface area contributed by atoms with Crippen molar-refractivity contribution in [3.8, 4) is 5.75 Å². The van der Waals surface area contributed by atoms with Crippen molar-refractivity contribution >= 4 is 21.8 Å². The molecule has 0 spiro atoms. The van der Waals surface area contributed by atoms with Gasteiger partial charge < -0.3 is 10.1 Å². The average molecular weight is 342 g/mol. The highest BCUT2D eigenvalue weighted by Crippen LogP contribution is 2.29. The minimum absolute atomic E-state index is 0.0590. The number of ether oxygens (including phenoxy) is 1. The fourth-order valence-electron chi connectivity index (χ4n) is 2.01. The smallest absolute Gasteiger partial charge is 0.258 e. The molecule has 4 heteroatoms. The number of benzene rings is 1. The standard InChI is InChI=1S/C16H24BrNO2/c1-5-13(6-2)18-16(19)10-20-15-8-7-12(17)9-14(15)11(3)4/h7-9,11,13H,5-6,10H2,1-4H3,(H,18,19). The first-order valence-corrected chi connectivity index (χ1v) is 7.98. The lowest BCUT2D eigenvalue weighted by Gasteiger charge is -2.17. The van der Waals surface area contributed by atoms with Gasteiger partial charge in [-0.3, -0.25) is 4.79 Å². The molecule has 1 amide bonds. The zero-order valence-corrected chi connectivity index (χ0v) is 14.3. The zero-order chi connectivity index (χ0) is 15.1. The van der Waals surface area contributed by atoms with E-state index in [1.54, 1.807) is 0 Å². The Hall–Kier alpha value is -1.03. The van der Waals surface area contributed by atoms with Crippen LogP contribution >= 0.6 is 15.9 Å². The van der Waals surface area contributed by atoms with Crippen LogP contribution in [0.2, 0.25) is 0 Å². The average Bonchev–Trinajstić information content (AvgIpc) is 2.43. The summed E-state index contributed by atoms with van der Waals surface area (Å²) in [5.74, 6) is 1.07. The first kappa shape index (κ1) is 17.0. The molecule has 0 fully saturated rings. The summed E-state index contributed by atoms with van der Waals surface area (Å²) in [5, 5.41) is 2.97. The van der Waals surface area contributed by atoms with Crippen LogP contribution in [0, 0.1) is 0 Å². The van der Waals surface area contributed by atoms with Crippen molar-refractivity contribution in [2.45, 2.75) is 52.5 Å². The largest absolute Gasteiger partial charge is 0.483 e. The Morgan fingerprint density at radius 2 is 1.95 bits per heavy atom. The molecule has 1 aromatic rings. The summed E-state index contributed by atoms with van der Waals surface area (Å²) in [6.07, 6.45) is 1.88. The lowest BCUT2D eigenvalue weighted by Crippen LogP contribution is -2.37. The van der Waals surface area contributed by atoms with Gasteiger partial charge in [0.05, 0.1) is 0 Å². The molecule has 0 aliphatic heterocycles. The van der Waals surface area contributed by atoms with Crippen LogP contribution in [0.25, 0.3) is 0 Å². The molecule has 0 unspecified atom stereocenters. The highest BCUT2D eigenvalue weighted by atomic mass is 79.9. The second-order valence-corrected chi connectivity index (χ2v) is 6.12. The molecule has 1 rings (SSSR count). The lowest BCUT2D eigenvalue weighted by molar-refractivity contribution is -0.123. The second kappa shape index (κ2) is 8.30. The zero-order valence-electron chi connectivity index (χ0n) is 12.7. The van der Waals surface area contributed by atoms with Gasteiger partial charge in [-0.15, -0.1) is 0 Å². The molecular weight excluding hydrogens is 318 g/mol. The molecule has 0 saturated heterocycles. The number of carbonyl (C=O) groups is 1. The normalized spacial score (nSPS) is 10.9. The number of halogens is 1. The molecule has 0 radical (unpaired) electrons. The molecule has 0 heterocycles. The quantitative estimate of drug-likeness (QED) is 0.804. The Morgan fingerprint density at radius 1 is 1.30 bits per heavy atom. The molecule has 0 saturated carbocycles. The Bertz CT molecular complexity index is 442. The van der Waals surface area contributed by atoms with Crippen molar-refractivity contribution in [3.05, 3.63) is 28.2 Å². The number of carbonyl (C=O) groups excluding carboxylic acids is 1. The van der Waals surface area contributed by atoms with E-state index in [1.165, 1.54) is 0 Å². The van der Waals surface area contributed by atoms with Crippen molar-refractivity contribution in [3.63, 3.8) is 0 Å². The van der Waals surface area contributed by atoms with E-state index in [0.29, 0.717) is 5.92 Å². The highest BCUT2D eigenvalue weighted by molar-refractivity contribution is 9.10. The summed E-state index contributed by atoms with van der Waals surface area (Å²) in [4.78, 5) is 11.8. The first-order chi connectivity index (χ1) is 9.47. The number of hydrogen-bond acceptors (Lipinski definition) is 2. The van der Waals surface area contributed by atoms with E-state index in [2.05, 4.69) is 48.9 Å². The summed E-state index contributed by atoms with van der Waals surface area (Å²) < 4.78 is 6.70. The van der Waals surface area contributed by atoms with Gasteiger partial charge in [0, 0.05) is 10.5 Å². The van der Waals surface area contributed by atoms with Gasteiger partial charge in [0.15, 0.2) is 6.61 Å². The first-order valence-electron chi connectivity index (χ1n) is 7.19. The van der Waals surface area contributed by atoms with E-state index in [9.17, 15) is 4.79 Å². The molecule has 0 atom stereocenters. The van der Waals surface area contributed by atoms with Crippen molar-refractivity contribution in [2.24, 2.45) is 0 Å². The molecule has 0 aromatic heterocycles. The third kappa shape index (κ3) is 5.16. The number of amides is 1. The van der Waals surface area contributed by atoms with Crippen LogP contribution in [0.3, 0.4) is 0 Å². The third-order valence-corrected chi connectivity index (χ3v) is 3.80. The maximum absolute atomic E-state index is 11.8. The monoisotopic (exact) mass is 341 g/mol. The summed E-state index contributed by atoms with van der Waals surface area (Å²) in [7, 11) is 0. The molecule has 1 aromatic carbocycles. The lowest BCUT2D eigenvalue weighted by atomic mass is 10.0. The highest BCUT2D eigenvalue weighted by Gasteiger charge is 2.12. The van der Waals surface area contributed by atoms with E-state index in [4.69, 9.17) is 4.74 Å². The SMILES string of the molecule is CCC(CC)NC(=O)COc1ccc(Br)cc1C(C)C. The van der Waals surface area contributed by atoms with Gasteiger partial charge in [0.2, 0.25) is 0 Å². The van der Waals surface area contributed by atoms with Gasteiger partial charge in [-0.2, -0.15) is 0 Å². The predicted molar refractivity (Wildman–Crippen MR) is 86.2 cm³/mol. The van der Waals surface area contributed by atoms with E-state index in [1.807, 2.05) is 18.2 Å². The molecule has 1 N–H and O–H groups in total. The van der Waals surface area contributed by atoms with Gasteiger partial charge in [-0.1, -0.05) is 43.6 Å². The topological polar surface area (TPSA) is 38.3 Å².